The van der Waals surface area contributed by atoms with E-state index in [9.17, 15) is 13.2 Å². The van der Waals surface area contributed by atoms with E-state index >= 15 is 0 Å². The molecule has 8 nitrogen and oxygen atoms in total. The van der Waals surface area contributed by atoms with Crippen molar-refractivity contribution in [1.29, 1.82) is 0 Å². The van der Waals surface area contributed by atoms with Gasteiger partial charge < -0.3 is 18.1 Å². The van der Waals surface area contributed by atoms with Crippen LogP contribution in [0.5, 0.6) is 11.5 Å². The molecule has 0 amide bonds. The standard InChI is InChI=1S/C15H18O8S/c1-4-21-15(16)6-5-10-9(2)22-12-8-13(20-3)14(7-11(10)12)23-24(17,18)19/h7-8H,4-6H2,1-3H3,(H,17,18,19). The average molecular weight is 358 g/mol. The molecule has 132 valence electrons. The third-order valence-corrected chi connectivity index (χ3v) is 3.75. The van der Waals surface area contributed by atoms with E-state index in [-0.39, 0.29) is 23.9 Å². The van der Waals surface area contributed by atoms with E-state index < -0.39 is 10.4 Å². The molecule has 0 spiro atoms. The molecule has 1 heterocycles. The molecule has 2 rings (SSSR count). The highest BCUT2D eigenvalue weighted by Gasteiger charge is 2.19. The minimum absolute atomic E-state index is 0.0887. The summed E-state index contributed by atoms with van der Waals surface area (Å²) >= 11 is 0. The predicted octanol–water partition coefficient (Wildman–Crippen LogP) is 2.43. The predicted molar refractivity (Wildman–Crippen MR) is 84.6 cm³/mol. The van der Waals surface area contributed by atoms with Gasteiger partial charge >= 0.3 is 16.4 Å². The van der Waals surface area contributed by atoms with Crippen LogP contribution in [0.4, 0.5) is 0 Å². The lowest BCUT2D eigenvalue weighted by molar-refractivity contribution is -0.143. The van der Waals surface area contributed by atoms with Gasteiger partial charge in [-0.3, -0.25) is 9.35 Å². The number of fused-ring (bicyclic) bond motifs is 1. The number of methoxy groups -OCH3 is 1. The Morgan fingerprint density at radius 1 is 1.29 bits per heavy atom. The van der Waals surface area contributed by atoms with Crippen LogP contribution in [0.25, 0.3) is 11.0 Å². The number of ether oxygens (including phenoxy) is 2. The number of hydrogen-bond acceptors (Lipinski definition) is 7. The summed E-state index contributed by atoms with van der Waals surface area (Å²) < 4.78 is 50.9. The molecule has 24 heavy (non-hydrogen) atoms. The highest BCUT2D eigenvalue weighted by Crippen LogP contribution is 2.37. The van der Waals surface area contributed by atoms with Crippen LogP contribution < -0.4 is 8.92 Å². The molecule has 0 saturated carbocycles. The molecule has 0 radical (unpaired) electrons. The van der Waals surface area contributed by atoms with Crippen LogP contribution in [0, 0.1) is 6.92 Å². The van der Waals surface area contributed by atoms with Crippen LogP contribution >= 0.6 is 0 Å². The lowest BCUT2D eigenvalue weighted by Gasteiger charge is -2.08. The van der Waals surface area contributed by atoms with Gasteiger partial charge in [-0.2, -0.15) is 8.42 Å². The fourth-order valence-corrected chi connectivity index (χ4v) is 2.74. The first-order valence-corrected chi connectivity index (χ1v) is 8.54. The van der Waals surface area contributed by atoms with Crippen molar-refractivity contribution in [3.05, 3.63) is 23.5 Å². The second kappa shape index (κ2) is 7.10. The van der Waals surface area contributed by atoms with Gasteiger partial charge in [0, 0.05) is 23.4 Å². The number of carbonyl (C=O) groups is 1. The molecule has 0 unspecified atom stereocenters. The van der Waals surface area contributed by atoms with Gasteiger partial charge in [-0.15, -0.1) is 0 Å². The van der Waals surface area contributed by atoms with Gasteiger partial charge in [0.2, 0.25) is 0 Å². The molecule has 0 atom stereocenters. The van der Waals surface area contributed by atoms with Crippen molar-refractivity contribution in [2.24, 2.45) is 0 Å². The zero-order valence-corrected chi connectivity index (χ0v) is 14.3. The molecule has 2 aromatic rings. The first kappa shape index (κ1) is 18.1. The van der Waals surface area contributed by atoms with Crippen molar-refractivity contribution >= 4 is 27.3 Å². The molecule has 9 heteroatoms. The normalized spacial score (nSPS) is 11.5. The van der Waals surface area contributed by atoms with Crippen LogP contribution in [-0.4, -0.2) is 32.7 Å². The van der Waals surface area contributed by atoms with Crippen molar-refractivity contribution in [2.45, 2.75) is 26.7 Å². The van der Waals surface area contributed by atoms with Crippen LogP contribution in [-0.2, 0) is 26.4 Å². The largest absolute Gasteiger partial charge is 0.493 e. The van der Waals surface area contributed by atoms with Gasteiger partial charge in [-0.1, -0.05) is 0 Å². The number of benzene rings is 1. The number of hydrogen-bond donors (Lipinski definition) is 1. The Morgan fingerprint density at radius 3 is 2.58 bits per heavy atom. The molecule has 1 aromatic heterocycles. The average Bonchev–Trinajstić information content (AvgIpc) is 2.77. The fraction of sp³-hybridized carbons (Fsp3) is 0.400. The number of carbonyl (C=O) groups excluding carboxylic acids is 1. The summed E-state index contributed by atoms with van der Waals surface area (Å²) in [5.74, 6) is 0.158. The second-order valence-corrected chi connectivity index (χ2v) is 5.97. The van der Waals surface area contributed by atoms with Gasteiger partial charge in [0.05, 0.1) is 13.7 Å². The van der Waals surface area contributed by atoms with Crippen molar-refractivity contribution < 1.29 is 35.8 Å². The smallest absolute Gasteiger partial charge is 0.446 e. The summed E-state index contributed by atoms with van der Waals surface area (Å²) in [7, 11) is -3.37. The highest BCUT2D eigenvalue weighted by atomic mass is 32.3. The number of rotatable bonds is 7. The summed E-state index contributed by atoms with van der Waals surface area (Å²) in [6.07, 6.45) is 0.513. The van der Waals surface area contributed by atoms with Crippen molar-refractivity contribution in [1.82, 2.24) is 0 Å². The van der Waals surface area contributed by atoms with Gasteiger partial charge in [0.1, 0.15) is 11.3 Å². The molecule has 0 aliphatic heterocycles. The zero-order chi connectivity index (χ0) is 17.9. The summed E-state index contributed by atoms with van der Waals surface area (Å²) in [5, 5.41) is 0.566. The van der Waals surface area contributed by atoms with Crippen LogP contribution in [0.15, 0.2) is 16.5 Å². The van der Waals surface area contributed by atoms with E-state index in [1.54, 1.807) is 13.8 Å². The zero-order valence-electron chi connectivity index (χ0n) is 13.5. The lowest BCUT2D eigenvalue weighted by Crippen LogP contribution is -2.07. The Hall–Kier alpha value is -2.26. The van der Waals surface area contributed by atoms with E-state index in [0.717, 1.165) is 5.56 Å². The maximum Gasteiger partial charge on any atom is 0.446 e. The Kier molecular flexibility index (Phi) is 5.35. The van der Waals surface area contributed by atoms with Crippen molar-refractivity contribution in [2.75, 3.05) is 13.7 Å². The molecule has 0 fully saturated rings. The van der Waals surface area contributed by atoms with Gasteiger partial charge in [-0.05, 0) is 26.3 Å². The Labute approximate surface area is 139 Å². The molecular weight excluding hydrogens is 340 g/mol. The number of furan rings is 1. The monoisotopic (exact) mass is 358 g/mol. The first-order chi connectivity index (χ1) is 11.2. The summed E-state index contributed by atoms with van der Waals surface area (Å²) in [4.78, 5) is 11.5. The molecule has 0 aliphatic carbocycles. The topological polar surface area (TPSA) is 112 Å². The Bertz CT molecular complexity index is 850. The quantitative estimate of drug-likeness (QED) is 0.593. The van der Waals surface area contributed by atoms with Gasteiger partial charge in [0.15, 0.2) is 11.5 Å². The lowest BCUT2D eigenvalue weighted by atomic mass is 10.1. The Balaban J connectivity index is 2.43. The summed E-state index contributed by atoms with van der Waals surface area (Å²) in [6.45, 7) is 3.76. The molecule has 0 aliphatic rings. The third-order valence-electron chi connectivity index (χ3n) is 3.36. The maximum atomic E-state index is 11.5. The highest BCUT2D eigenvalue weighted by molar-refractivity contribution is 7.81. The van der Waals surface area contributed by atoms with E-state index in [1.165, 1.54) is 19.2 Å². The first-order valence-electron chi connectivity index (χ1n) is 7.17. The molecule has 1 aromatic carbocycles. The van der Waals surface area contributed by atoms with Crippen molar-refractivity contribution in [3.63, 3.8) is 0 Å². The second-order valence-electron chi connectivity index (χ2n) is 4.95. The van der Waals surface area contributed by atoms with Crippen molar-refractivity contribution in [3.8, 4) is 11.5 Å². The van der Waals surface area contributed by atoms with E-state index in [0.29, 0.717) is 29.8 Å². The van der Waals surface area contributed by atoms with Gasteiger partial charge in [0.25, 0.3) is 0 Å². The van der Waals surface area contributed by atoms with E-state index in [4.69, 9.17) is 18.4 Å². The third kappa shape index (κ3) is 4.18. The molecule has 1 N–H and O–H groups in total. The van der Waals surface area contributed by atoms with E-state index in [2.05, 4.69) is 4.18 Å². The number of aryl methyl sites for hydroxylation is 2. The van der Waals surface area contributed by atoms with Crippen LogP contribution in [0.3, 0.4) is 0 Å². The van der Waals surface area contributed by atoms with Crippen LogP contribution in [0.1, 0.15) is 24.7 Å². The van der Waals surface area contributed by atoms with Gasteiger partial charge in [-0.25, -0.2) is 0 Å². The Morgan fingerprint density at radius 2 is 2.00 bits per heavy atom. The fourth-order valence-electron chi connectivity index (χ4n) is 2.39. The molecule has 0 saturated heterocycles. The van der Waals surface area contributed by atoms with E-state index in [1.807, 2.05) is 0 Å². The maximum absolute atomic E-state index is 11.5. The summed E-state index contributed by atoms with van der Waals surface area (Å²) in [6, 6.07) is 2.84. The molecular formula is C15H18O8S. The summed E-state index contributed by atoms with van der Waals surface area (Å²) in [5.41, 5.74) is 1.17. The molecule has 0 bridgehead atoms. The van der Waals surface area contributed by atoms with Crippen LogP contribution in [0.2, 0.25) is 0 Å². The minimum Gasteiger partial charge on any atom is -0.493 e. The number of esters is 1. The minimum atomic E-state index is -4.70. The SMILES string of the molecule is CCOC(=O)CCc1c(C)oc2cc(OC)c(OS(=O)(=O)O)cc12.